The molecular weight excluding hydrogens is 268 g/mol. The molecule has 1 aromatic heterocycles. The van der Waals surface area contributed by atoms with Crippen LogP contribution in [0.3, 0.4) is 0 Å². The number of hydrogen-bond donors (Lipinski definition) is 1. The van der Waals surface area contributed by atoms with Crippen LogP contribution >= 0.6 is 11.3 Å². The smallest absolute Gasteiger partial charge is 0.241 e. The summed E-state index contributed by atoms with van der Waals surface area (Å²) in [5.41, 5.74) is 0. The van der Waals surface area contributed by atoms with E-state index in [0.717, 1.165) is 25.3 Å². The molecule has 20 heavy (non-hydrogen) atoms. The molecule has 1 amide bonds. The minimum atomic E-state index is 0.0200. The second-order valence-corrected chi connectivity index (χ2v) is 7.44. The van der Waals surface area contributed by atoms with Crippen molar-refractivity contribution in [1.29, 1.82) is 0 Å². The van der Waals surface area contributed by atoms with Gasteiger partial charge in [0.2, 0.25) is 5.91 Å². The molecule has 4 heteroatoms. The van der Waals surface area contributed by atoms with Gasteiger partial charge in [-0.15, -0.1) is 11.3 Å². The van der Waals surface area contributed by atoms with Crippen molar-refractivity contribution in [2.45, 2.75) is 58.2 Å². The third kappa shape index (κ3) is 2.91. The van der Waals surface area contributed by atoms with Gasteiger partial charge in [-0.1, -0.05) is 26.2 Å². The summed E-state index contributed by atoms with van der Waals surface area (Å²) in [5.74, 6) is 1.18. The van der Waals surface area contributed by atoms with Crippen LogP contribution in [0.1, 0.15) is 54.9 Å². The first-order chi connectivity index (χ1) is 9.69. The summed E-state index contributed by atoms with van der Waals surface area (Å²) >= 11 is 1.80. The number of nitrogens with one attached hydrogen (secondary N) is 1. The molecule has 0 radical (unpaired) electrons. The lowest BCUT2D eigenvalue weighted by molar-refractivity contribution is -0.130. The predicted molar refractivity (Wildman–Crippen MR) is 82.7 cm³/mol. The van der Waals surface area contributed by atoms with Crippen molar-refractivity contribution >= 4 is 17.2 Å². The molecule has 0 aromatic carbocycles. The minimum absolute atomic E-state index is 0.0200. The molecule has 1 N–H and O–H groups in total. The van der Waals surface area contributed by atoms with Gasteiger partial charge in [-0.2, -0.15) is 0 Å². The van der Waals surface area contributed by atoms with Crippen LogP contribution in [-0.4, -0.2) is 23.4 Å². The fourth-order valence-electron chi connectivity index (χ4n) is 2.98. The third-order valence-electron chi connectivity index (χ3n) is 4.34. The van der Waals surface area contributed by atoms with Gasteiger partial charge in [0.15, 0.2) is 0 Å². The molecule has 1 aliphatic heterocycles. The van der Waals surface area contributed by atoms with E-state index in [9.17, 15) is 4.79 Å². The van der Waals surface area contributed by atoms with Crippen molar-refractivity contribution in [1.82, 2.24) is 10.2 Å². The highest BCUT2D eigenvalue weighted by molar-refractivity contribution is 7.12. The molecule has 2 heterocycles. The maximum atomic E-state index is 12.6. The van der Waals surface area contributed by atoms with Gasteiger partial charge < -0.3 is 4.90 Å². The maximum Gasteiger partial charge on any atom is 0.241 e. The Morgan fingerprint density at radius 2 is 2.15 bits per heavy atom. The zero-order valence-corrected chi connectivity index (χ0v) is 13.2. The molecule has 2 unspecified atom stereocenters. The van der Waals surface area contributed by atoms with E-state index in [2.05, 4.69) is 36.2 Å². The van der Waals surface area contributed by atoms with Crippen molar-refractivity contribution in [3.8, 4) is 0 Å². The molecule has 1 saturated carbocycles. The Labute approximate surface area is 125 Å². The van der Waals surface area contributed by atoms with E-state index >= 15 is 0 Å². The zero-order valence-electron chi connectivity index (χ0n) is 12.4. The normalized spacial score (nSPS) is 26.5. The van der Waals surface area contributed by atoms with Gasteiger partial charge >= 0.3 is 0 Å². The van der Waals surface area contributed by atoms with Gasteiger partial charge in [-0.3, -0.25) is 10.1 Å². The van der Waals surface area contributed by atoms with Crippen molar-refractivity contribution < 1.29 is 4.79 Å². The number of carbonyl (C=O) groups is 1. The van der Waals surface area contributed by atoms with E-state index in [1.165, 1.54) is 29.0 Å². The highest BCUT2D eigenvalue weighted by atomic mass is 32.1. The van der Waals surface area contributed by atoms with E-state index in [4.69, 9.17) is 0 Å². The minimum Gasteiger partial charge on any atom is -0.321 e. The van der Waals surface area contributed by atoms with E-state index in [-0.39, 0.29) is 12.2 Å². The third-order valence-corrected chi connectivity index (χ3v) is 5.39. The zero-order chi connectivity index (χ0) is 14.1. The first kappa shape index (κ1) is 14.1. The van der Waals surface area contributed by atoms with Crippen LogP contribution in [0.2, 0.25) is 0 Å². The summed E-state index contributed by atoms with van der Waals surface area (Å²) in [6, 6.07) is 4.34. The molecule has 2 aliphatic rings. The molecule has 0 spiro atoms. The van der Waals surface area contributed by atoms with Crippen LogP contribution in [0.5, 0.6) is 0 Å². The maximum absolute atomic E-state index is 12.6. The summed E-state index contributed by atoms with van der Waals surface area (Å²) in [5, 5.41) is 3.55. The van der Waals surface area contributed by atoms with Crippen LogP contribution in [-0.2, 0) is 4.79 Å². The Morgan fingerprint density at radius 3 is 2.75 bits per heavy atom. The number of amides is 1. The lowest BCUT2D eigenvalue weighted by atomic mass is 10.1. The fraction of sp³-hybridized carbons (Fsp3) is 0.688. The SMILES string of the molecule is CCCC1NC(c2ccc(C)s2)N(CCC2CC2)C1=O. The first-order valence-electron chi connectivity index (χ1n) is 7.82. The number of rotatable bonds is 6. The van der Waals surface area contributed by atoms with Gasteiger partial charge in [0.05, 0.1) is 6.04 Å². The molecule has 2 atom stereocenters. The van der Waals surface area contributed by atoms with Crippen LogP contribution < -0.4 is 5.32 Å². The second-order valence-electron chi connectivity index (χ2n) is 6.12. The van der Waals surface area contributed by atoms with Crippen molar-refractivity contribution in [3.63, 3.8) is 0 Å². The molecule has 3 nitrogen and oxygen atoms in total. The van der Waals surface area contributed by atoms with Gasteiger partial charge in [0, 0.05) is 16.3 Å². The highest BCUT2D eigenvalue weighted by Gasteiger charge is 2.40. The summed E-state index contributed by atoms with van der Waals surface area (Å²) < 4.78 is 0. The second kappa shape index (κ2) is 5.86. The van der Waals surface area contributed by atoms with Crippen molar-refractivity contribution in [2.75, 3.05) is 6.54 Å². The Morgan fingerprint density at radius 1 is 1.35 bits per heavy atom. The monoisotopic (exact) mass is 292 g/mol. The van der Waals surface area contributed by atoms with Crippen LogP contribution in [0.15, 0.2) is 12.1 Å². The van der Waals surface area contributed by atoms with E-state index in [0.29, 0.717) is 5.91 Å². The average Bonchev–Trinajstić information content (AvgIpc) is 3.08. The van der Waals surface area contributed by atoms with E-state index in [1.54, 1.807) is 11.3 Å². The van der Waals surface area contributed by atoms with Gasteiger partial charge in [0.25, 0.3) is 0 Å². The van der Waals surface area contributed by atoms with Crippen LogP contribution in [0.4, 0.5) is 0 Å². The standard InChI is InChI=1S/C16H24N2OS/c1-3-4-13-16(19)18(10-9-12-6-7-12)15(17-13)14-8-5-11(2)20-14/h5,8,12-13,15,17H,3-4,6-7,9-10H2,1-2H3. The molecule has 1 aliphatic carbocycles. The fourth-order valence-corrected chi connectivity index (χ4v) is 3.93. The lowest BCUT2D eigenvalue weighted by Crippen LogP contribution is -2.32. The Bertz CT molecular complexity index is 481. The molecular formula is C16H24N2OS. The Kier molecular flexibility index (Phi) is 4.13. The van der Waals surface area contributed by atoms with Crippen LogP contribution in [0, 0.1) is 12.8 Å². The van der Waals surface area contributed by atoms with Crippen molar-refractivity contribution in [2.24, 2.45) is 5.92 Å². The number of carbonyl (C=O) groups excluding carboxylic acids is 1. The first-order valence-corrected chi connectivity index (χ1v) is 8.63. The largest absolute Gasteiger partial charge is 0.321 e. The summed E-state index contributed by atoms with van der Waals surface area (Å²) in [7, 11) is 0. The number of nitrogens with zero attached hydrogens (tertiary/aromatic N) is 1. The summed E-state index contributed by atoms with van der Waals surface area (Å²) in [6.45, 7) is 5.19. The quantitative estimate of drug-likeness (QED) is 0.871. The van der Waals surface area contributed by atoms with Gasteiger partial charge in [-0.05, 0) is 37.8 Å². The Balaban J connectivity index is 1.74. The number of hydrogen-bond acceptors (Lipinski definition) is 3. The highest BCUT2D eigenvalue weighted by Crippen LogP contribution is 2.36. The summed E-state index contributed by atoms with van der Waals surface area (Å²) in [6.07, 6.45) is 5.99. The number of aryl methyl sites for hydroxylation is 1. The predicted octanol–water partition coefficient (Wildman–Crippen LogP) is 3.46. The molecule has 1 saturated heterocycles. The Hall–Kier alpha value is -0.870. The van der Waals surface area contributed by atoms with E-state index < -0.39 is 0 Å². The molecule has 3 rings (SSSR count). The summed E-state index contributed by atoms with van der Waals surface area (Å²) in [4.78, 5) is 17.3. The van der Waals surface area contributed by atoms with E-state index in [1.807, 2.05) is 0 Å². The lowest BCUT2D eigenvalue weighted by Gasteiger charge is -2.23. The molecule has 1 aromatic rings. The van der Waals surface area contributed by atoms with Crippen molar-refractivity contribution in [3.05, 3.63) is 21.9 Å². The van der Waals surface area contributed by atoms with Crippen LogP contribution in [0.25, 0.3) is 0 Å². The van der Waals surface area contributed by atoms with Gasteiger partial charge in [-0.25, -0.2) is 0 Å². The topological polar surface area (TPSA) is 32.3 Å². The van der Waals surface area contributed by atoms with Gasteiger partial charge in [0.1, 0.15) is 6.17 Å². The molecule has 0 bridgehead atoms. The molecule has 2 fully saturated rings. The number of thiophene rings is 1. The molecule has 110 valence electrons. The average molecular weight is 292 g/mol.